The van der Waals surface area contributed by atoms with Gasteiger partial charge in [-0.05, 0) is 39.3 Å². The van der Waals surface area contributed by atoms with Gasteiger partial charge in [0.05, 0.1) is 15.5 Å². The van der Waals surface area contributed by atoms with Gasteiger partial charge in [-0.25, -0.2) is 8.93 Å². The van der Waals surface area contributed by atoms with E-state index in [-0.39, 0.29) is 4.90 Å². The van der Waals surface area contributed by atoms with Crippen LogP contribution in [0.3, 0.4) is 0 Å². The van der Waals surface area contributed by atoms with Crippen molar-refractivity contribution in [3.05, 3.63) is 28.3 Å². The molecular weight excluding hydrogens is 299 g/mol. The fourth-order valence-electron chi connectivity index (χ4n) is 1.41. The van der Waals surface area contributed by atoms with Gasteiger partial charge >= 0.3 is 6.18 Å². The average Bonchev–Trinajstić information content (AvgIpc) is 2.17. The third-order valence-corrected chi connectivity index (χ3v) is 4.20. The summed E-state index contributed by atoms with van der Waals surface area (Å²) in [5.74, 6) is 0. The highest BCUT2D eigenvalue weighted by Crippen LogP contribution is 2.39. The lowest BCUT2D eigenvalue weighted by molar-refractivity contribution is -0.139. The molecule has 0 aliphatic rings. The predicted molar refractivity (Wildman–Crippen MR) is 70.5 cm³/mol. The van der Waals surface area contributed by atoms with Gasteiger partial charge in [-0.1, -0.05) is 17.7 Å². The Hall–Kier alpha value is -0.590. The molecule has 0 amide bonds. The molecule has 1 aromatic carbocycles. The highest BCUT2D eigenvalue weighted by atomic mass is 35.5. The summed E-state index contributed by atoms with van der Waals surface area (Å²) in [6, 6.07) is 2.62. The van der Waals surface area contributed by atoms with E-state index in [9.17, 15) is 17.4 Å². The maximum absolute atomic E-state index is 13.0. The third kappa shape index (κ3) is 4.19. The maximum atomic E-state index is 13.0. The monoisotopic (exact) mass is 313 g/mol. The summed E-state index contributed by atoms with van der Waals surface area (Å²) in [6.45, 7) is 6.62. The summed E-state index contributed by atoms with van der Waals surface area (Å²) in [6.07, 6.45) is -4.65. The SMILES string of the molecule is Cc1ccc(S(=O)NC(C)(C)C)c(C(F)(F)F)c1Cl. The van der Waals surface area contributed by atoms with E-state index >= 15 is 0 Å². The molecule has 0 fully saturated rings. The van der Waals surface area contributed by atoms with E-state index in [1.54, 1.807) is 20.8 Å². The quantitative estimate of drug-likeness (QED) is 0.876. The van der Waals surface area contributed by atoms with Gasteiger partial charge in [-0.2, -0.15) is 13.2 Å². The molecule has 1 atom stereocenters. The van der Waals surface area contributed by atoms with E-state index in [4.69, 9.17) is 11.6 Å². The molecule has 1 N–H and O–H groups in total. The number of rotatable bonds is 2. The van der Waals surface area contributed by atoms with Crippen molar-refractivity contribution >= 4 is 22.6 Å². The highest BCUT2D eigenvalue weighted by molar-refractivity contribution is 7.83. The number of halogens is 4. The first-order valence-corrected chi connectivity index (χ1v) is 7.02. The highest BCUT2D eigenvalue weighted by Gasteiger charge is 2.38. The van der Waals surface area contributed by atoms with Gasteiger partial charge in [0.1, 0.15) is 11.0 Å². The van der Waals surface area contributed by atoms with E-state index in [1.807, 2.05) is 0 Å². The second-order valence-electron chi connectivity index (χ2n) is 5.19. The van der Waals surface area contributed by atoms with Gasteiger partial charge in [-0.15, -0.1) is 0 Å². The van der Waals surface area contributed by atoms with Crippen molar-refractivity contribution in [1.29, 1.82) is 0 Å². The molecule has 108 valence electrons. The number of alkyl halides is 3. The fraction of sp³-hybridized carbons (Fsp3) is 0.500. The number of nitrogens with one attached hydrogen (secondary N) is 1. The first-order valence-electron chi connectivity index (χ1n) is 5.49. The summed E-state index contributed by atoms with van der Waals surface area (Å²) < 4.78 is 53.7. The van der Waals surface area contributed by atoms with Crippen molar-refractivity contribution < 1.29 is 17.4 Å². The molecule has 0 aliphatic carbocycles. The van der Waals surface area contributed by atoms with Crippen LogP contribution in [0.5, 0.6) is 0 Å². The normalized spacial score (nSPS) is 14.5. The average molecular weight is 314 g/mol. The van der Waals surface area contributed by atoms with Crippen LogP contribution in [0.4, 0.5) is 13.2 Å². The standard InChI is InChI=1S/C12H15ClF3NOS/c1-7-5-6-8(19(18)17-11(2,3)4)9(10(7)13)12(14,15)16/h5-6,17H,1-4H3. The molecule has 0 aliphatic heterocycles. The van der Waals surface area contributed by atoms with Gasteiger partial charge in [0.15, 0.2) is 0 Å². The molecule has 1 unspecified atom stereocenters. The summed E-state index contributed by atoms with van der Waals surface area (Å²) in [7, 11) is -1.98. The Balaban J connectivity index is 3.37. The zero-order chi connectivity index (χ0) is 15.0. The first kappa shape index (κ1) is 16.5. The fourth-order valence-corrected chi connectivity index (χ4v) is 3.00. The lowest BCUT2D eigenvalue weighted by Crippen LogP contribution is -2.37. The van der Waals surface area contributed by atoms with Gasteiger partial charge in [-0.3, -0.25) is 0 Å². The number of hydrogen-bond acceptors (Lipinski definition) is 1. The topological polar surface area (TPSA) is 29.1 Å². The summed E-state index contributed by atoms with van der Waals surface area (Å²) in [4.78, 5) is -0.349. The minimum Gasteiger partial charge on any atom is -0.237 e. The molecule has 0 saturated carbocycles. The minimum atomic E-state index is -4.65. The van der Waals surface area contributed by atoms with Crippen LogP contribution in [-0.2, 0) is 17.2 Å². The molecule has 19 heavy (non-hydrogen) atoms. The van der Waals surface area contributed by atoms with E-state index in [1.165, 1.54) is 19.1 Å². The number of hydrogen-bond donors (Lipinski definition) is 1. The maximum Gasteiger partial charge on any atom is 0.419 e. The van der Waals surface area contributed by atoms with Crippen molar-refractivity contribution in [2.45, 2.75) is 44.3 Å². The summed E-state index contributed by atoms with van der Waals surface area (Å²) in [5.41, 5.74) is -1.32. The van der Waals surface area contributed by atoms with Gasteiger partial charge in [0, 0.05) is 5.54 Å². The Kier molecular flexibility index (Phi) is 4.70. The number of benzene rings is 1. The molecule has 0 aromatic heterocycles. The molecule has 0 radical (unpaired) electrons. The zero-order valence-corrected chi connectivity index (χ0v) is 12.6. The van der Waals surface area contributed by atoms with Crippen molar-refractivity contribution in [3.63, 3.8) is 0 Å². The van der Waals surface area contributed by atoms with Crippen molar-refractivity contribution in [1.82, 2.24) is 4.72 Å². The van der Waals surface area contributed by atoms with Gasteiger partial charge in [0.2, 0.25) is 0 Å². The van der Waals surface area contributed by atoms with E-state index < -0.39 is 33.3 Å². The zero-order valence-electron chi connectivity index (χ0n) is 11.0. The van der Waals surface area contributed by atoms with Crippen LogP contribution in [0.15, 0.2) is 17.0 Å². The second kappa shape index (κ2) is 5.42. The molecule has 2 nitrogen and oxygen atoms in total. The molecule has 1 aromatic rings. The van der Waals surface area contributed by atoms with Crippen LogP contribution < -0.4 is 4.72 Å². The lowest BCUT2D eigenvalue weighted by Gasteiger charge is -2.22. The molecular formula is C12H15ClF3NOS. The minimum absolute atomic E-state index is 0.297. The van der Waals surface area contributed by atoms with Crippen LogP contribution >= 0.6 is 11.6 Å². The van der Waals surface area contributed by atoms with Crippen molar-refractivity contribution in [2.75, 3.05) is 0 Å². The molecule has 0 saturated heterocycles. The second-order valence-corrected chi connectivity index (χ2v) is 6.75. The largest absolute Gasteiger partial charge is 0.419 e. The Bertz CT molecular complexity index is 509. The number of aryl methyl sites for hydroxylation is 1. The lowest BCUT2D eigenvalue weighted by atomic mass is 10.1. The van der Waals surface area contributed by atoms with Crippen LogP contribution in [0, 0.1) is 6.92 Å². The van der Waals surface area contributed by atoms with Gasteiger partial charge < -0.3 is 0 Å². The van der Waals surface area contributed by atoms with Crippen molar-refractivity contribution in [3.8, 4) is 0 Å². The molecule has 0 heterocycles. The van der Waals surface area contributed by atoms with Gasteiger partial charge in [0.25, 0.3) is 0 Å². The Morgan fingerprint density at radius 3 is 2.16 bits per heavy atom. The molecule has 0 spiro atoms. The Morgan fingerprint density at radius 1 is 1.21 bits per heavy atom. The third-order valence-electron chi connectivity index (χ3n) is 2.18. The first-order chi connectivity index (χ1) is 8.43. The van der Waals surface area contributed by atoms with Crippen LogP contribution in [0.25, 0.3) is 0 Å². The Morgan fingerprint density at radius 2 is 1.74 bits per heavy atom. The molecule has 1 rings (SSSR count). The van der Waals surface area contributed by atoms with E-state index in [0.29, 0.717) is 5.56 Å². The molecule has 0 bridgehead atoms. The molecule has 7 heteroatoms. The summed E-state index contributed by atoms with van der Waals surface area (Å²) in [5, 5.41) is -0.408. The smallest absolute Gasteiger partial charge is 0.237 e. The Labute approximate surface area is 117 Å². The van der Waals surface area contributed by atoms with E-state index in [2.05, 4.69) is 4.72 Å². The van der Waals surface area contributed by atoms with E-state index in [0.717, 1.165) is 0 Å². The summed E-state index contributed by atoms with van der Waals surface area (Å²) >= 11 is 5.72. The van der Waals surface area contributed by atoms with Crippen LogP contribution in [0.1, 0.15) is 31.9 Å². The van der Waals surface area contributed by atoms with Crippen molar-refractivity contribution in [2.24, 2.45) is 0 Å². The van der Waals surface area contributed by atoms with Crippen LogP contribution in [0.2, 0.25) is 5.02 Å². The predicted octanol–water partition coefficient (Wildman–Crippen LogP) is 4.08. The van der Waals surface area contributed by atoms with Crippen LogP contribution in [-0.4, -0.2) is 9.75 Å².